The number of phenolic OH excluding ortho intramolecular Hbond substituents is 1. The standard InChI is InChI=1S/C27H36O2/c1-26-16-13-23-22-12-10-21(28)18-20(22)9-11-24(23)25(26)14-17-27(26,29)15-5-8-19-6-3-2-4-7-19/h10,12,18-19,23-25,28-29H,2-4,6-7,9,11,13-17H2,1H3/t23-,24-,25+,26+,27+/m1/s1. The van der Waals surface area contributed by atoms with Gasteiger partial charge in [-0.2, -0.15) is 0 Å². The summed E-state index contributed by atoms with van der Waals surface area (Å²) in [6.07, 6.45) is 13.8. The predicted molar refractivity (Wildman–Crippen MR) is 117 cm³/mol. The number of hydrogen-bond donors (Lipinski definition) is 2. The molecular formula is C27H36O2. The van der Waals surface area contributed by atoms with Crippen LogP contribution in [0, 0.1) is 35.0 Å². The molecule has 3 saturated carbocycles. The first-order valence-electron chi connectivity index (χ1n) is 12.0. The van der Waals surface area contributed by atoms with Gasteiger partial charge >= 0.3 is 0 Å². The van der Waals surface area contributed by atoms with Crippen LogP contribution in [0.15, 0.2) is 18.2 Å². The van der Waals surface area contributed by atoms with Gasteiger partial charge in [0.05, 0.1) is 5.60 Å². The minimum atomic E-state index is -0.612. The molecular weight excluding hydrogens is 356 g/mol. The maximum Gasteiger partial charge on any atom is 0.115 e. The van der Waals surface area contributed by atoms with Gasteiger partial charge in [0.2, 0.25) is 0 Å². The molecule has 0 saturated heterocycles. The second-order valence-corrected chi connectivity index (χ2v) is 10.7. The van der Waals surface area contributed by atoms with E-state index in [2.05, 4.69) is 24.8 Å². The van der Waals surface area contributed by atoms with E-state index in [-0.39, 0.29) is 5.41 Å². The van der Waals surface area contributed by atoms with E-state index in [1.165, 1.54) is 49.7 Å². The van der Waals surface area contributed by atoms with E-state index in [4.69, 9.17) is 0 Å². The molecule has 29 heavy (non-hydrogen) atoms. The van der Waals surface area contributed by atoms with Crippen LogP contribution in [-0.4, -0.2) is 15.8 Å². The zero-order chi connectivity index (χ0) is 20.1. The van der Waals surface area contributed by atoms with Crippen molar-refractivity contribution < 1.29 is 10.2 Å². The Morgan fingerprint density at radius 1 is 1.03 bits per heavy atom. The SMILES string of the molecule is C[C@]12CC[C@@H]3c4ccc(O)cc4CC[C@H]3[C@@H]1CC[C@@]2(O)CC#CC1CCCCC1. The first-order valence-corrected chi connectivity index (χ1v) is 12.0. The van der Waals surface area contributed by atoms with Gasteiger partial charge in [0.25, 0.3) is 0 Å². The number of aryl methyl sites for hydroxylation is 1. The third kappa shape index (κ3) is 3.21. The number of phenols is 1. The highest BCUT2D eigenvalue weighted by Gasteiger charge is 2.61. The van der Waals surface area contributed by atoms with Crippen LogP contribution in [0.2, 0.25) is 0 Å². The highest BCUT2D eigenvalue weighted by Crippen LogP contribution is 2.65. The average molecular weight is 393 g/mol. The van der Waals surface area contributed by atoms with E-state index in [9.17, 15) is 10.2 Å². The summed E-state index contributed by atoms with van der Waals surface area (Å²) in [4.78, 5) is 0. The highest BCUT2D eigenvalue weighted by molar-refractivity contribution is 5.40. The quantitative estimate of drug-likeness (QED) is 0.580. The molecule has 5 atom stereocenters. The van der Waals surface area contributed by atoms with Crippen LogP contribution >= 0.6 is 0 Å². The van der Waals surface area contributed by atoms with Gasteiger partial charge in [-0.25, -0.2) is 0 Å². The lowest BCUT2D eigenvalue weighted by atomic mass is 9.53. The molecule has 2 nitrogen and oxygen atoms in total. The summed E-state index contributed by atoms with van der Waals surface area (Å²) in [6.45, 7) is 2.37. The summed E-state index contributed by atoms with van der Waals surface area (Å²) in [7, 11) is 0. The average Bonchev–Trinajstić information content (AvgIpc) is 2.99. The van der Waals surface area contributed by atoms with Gasteiger partial charge in [0.15, 0.2) is 0 Å². The highest BCUT2D eigenvalue weighted by atomic mass is 16.3. The zero-order valence-electron chi connectivity index (χ0n) is 17.9. The summed E-state index contributed by atoms with van der Waals surface area (Å²) in [6, 6.07) is 6.01. The summed E-state index contributed by atoms with van der Waals surface area (Å²) >= 11 is 0. The van der Waals surface area contributed by atoms with Crippen LogP contribution in [-0.2, 0) is 6.42 Å². The first-order chi connectivity index (χ1) is 14.0. The Morgan fingerprint density at radius 3 is 2.69 bits per heavy atom. The third-order valence-corrected chi connectivity index (χ3v) is 9.32. The Kier molecular flexibility index (Phi) is 4.94. The summed E-state index contributed by atoms with van der Waals surface area (Å²) < 4.78 is 0. The van der Waals surface area contributed by atoms with E-state index in [1.807, 2.05) is 12.1 Å². The largest absolute Gasteiger partial charge is 0.508 e. The minimum Gasteiger partial charge on any atom is -0.508 e. The third-order valence-electron chi connectivity index (χ3n) is 9.32. The molecule has 0 heterocycles. The Balaban J connectivity index is 1.35. The zero-order valence-corrected chi connectivity index (χ0v) is 17.9. The first kappa shape index (κ1) is 19.5. The van der Waals surface area contributed by atoms with E-state index < -0.39 is 5.60 Å². The maximum absolute atomic E-state index is 11.8. The Hall–Kier alpha value is -1.46. The van der Waals surface area contributed by atoms with Gasteiger partial charge in [-0.05, 0) is 92.4 Å². The van der Waals surface area contributed by atoms with Gasteiger partial charge in [-0.1, -0.05) is 44.1 Å². The van der Waals surface area contributed by atoms with Crippen LogP contribution in [0.1, 0.15) is 94.6 Å². The Labute approximate surface area is 176 Å². The normalized spacial score (nSPS) is 39.0. The van der Waals surface area contributed by atoms with Crippen molar-refractivity contribution >= 4 is 0 Å². The molecule has 4 aliphatic rings. The minimum absolute atomic E-state index is 0.00380. The van der Waals surface area contributed by atoms with E-state index >= 15 is 0 Å². The number of rotatable bonds is 1. The van der Waals surface area contributed by atoms with Gasteiger partial charge in [0, 0.05) is 17.8 Å². The summed E-state index contributed by atoms with van der Waals surface area (Å²) in [5, 5.41) is 21.6. The van der Waals surface area contributed by atoms with Crippen molar-refractivity contribution in [2.24, 2.45) is 23.2 Å². The number of aromatic hydroxyl groups is 1. The fourth-order valence-electron chi connectivity index (χ4n) is 7.56. The lowest BCUT2D eigenvalue weighted by Gasteiger charge is -2.53. The fraction of sp³-hybridized carbons (Fsp3) is 0.704. The van der Waals surface area contributed by atoms with Gasteiger partial charge in [0.1, 0.15) is 5.75 Å². The van der Waals surface area contributed by atoms with Crippen LogP contribution in [0.5, 0.6) is 5.75 Å². The van der Waals surface area contributed by atoms with E-state index in [0.29, 0.717) is 35.8 Å². The number of hydrogen-bond acceptors (Lipinski definition) is 2. The van der Waals surface area contributed by atoms with E-state index in [1.54, 1.807) is 0 Å². The molecule has 2 N–H and O–H groups in total. The van der Waals surface area contributed by atoms with Gasteiger partial charge < -0.3 is 10.2 Å². The topological polar surface area (TPSA) is 40.5 Å². The van der Waals surface area contributed by atoms with Crippen LogP contribution in [0.4, 0.5) is 0 Å². The smallest absolute Gasteiger partial charge is 0.115 e. The molecule has 0 aromatic heterocycles. The molecule has 5 rings (SSSR count). The summed E-state index contributed by atoms with van der Waals surface area (Å²) in [5.74, 6) is 9.83. The van der Waals surface area contributed by atoms with Crippen molar-refractivity contribution in [2.45, 2.75) is 95.5 Å². The second-order valence-electron chi connectivity index (χ2n) is 10.7. The molecule has 1 aromatic carbocycles. The van der Waals surface area contributed by atoms with Crippen molar-refractivity contribution in [3.05, 3.63) is 29.3 Å². The molecule has 3 fully saturated rings. The number of aliphatic hydroxyl groups is 1. The Morgan fingerprint density at radius 2 is 1.86 bits per heavy atom. The monoisotopic (exact) mass is 392 g/mol. The molecule has 156 valence electrons. The lowest BCUT2D eigenvalue weighted by molar-refractivity contribution is -0.0990. The van der Waals surface area contributed by atoms with Crippen LogP contribution in [0.3, 0.4) is 0 Å². The fourth-order valence-corrected chi connectivity index (χ4v) is 7.56. The molecule has 0 amide bonds. The van der Waals surface area contributed by atoms with Crippen molar-refractivity contribution in [2.75, 3.05) is 0 Å². The van der Waals surface area contributed by atoms with Gasteiger partial charge in [-0.15, -0.1) is 0 Å². The molecule has 1 aromatic rings. The number of fused-ring (bicyclic) bond motifs is 5. The predicted octanol–water partition coefficient (Wildman–Crippen LogP) is 5.95. The van der Waals surface area contributed by atoms with Crippen molar-refractivity contribution in [1.29, 1.82) is 0 Å². The second kappa shape index (κ2) is 7.35. The maximum atomic E-state index is 11.8. The van der Waals surface area contributed by atoms with Crippen LogP contribution < -0.4 is 0 Å². The van der Waals surface area contributed by atoms with Crippen molar-refractivity contribution in [3.63, 3.8) is 0 Å². The molecule has 0 radical (unpaired) electrons. The molecule has 4 aliphatic carbocycles. The van der Waals surface area contributed by atoms with Gasteiger partial charge in [-0.3, -0.25) is 0 Å². The van der Waals surface area contributed by atoms with Crippen molar-refractivity contribution in [3.8, 4) is 17.6 Å². The molecule has 0 spiro atoms. The summed E-state index contributed by atoms with van der Waals surface area (Å²) in [5.41, 5.74) is 2.21. The van der Waals surface area contributed by atoms with E-state index in [0.717, 1.165) is 32.1 Å². The number of benzene rings is 1. The molecule has 2 heteroatoms. The lowest BCUT2D eigenvalue weighted by Crippen LogP contribution is -2.50. The molecule has 0 aliphatic heterocycles. The van der Waals surface area contributed by atoms with Crippen LogP contribution in [0.25, 0.3) is 0 Å². The molecule has 0 unspecified atom stereocenters. The molecule has 0 bridgehead atoms. The Bertz CT molecular complexity index is 827. The van der Waals surface area contributed by atoms with Crippen molar-refractivity contribution in [1.82, 2.24) is 0 Å².